The fourth-order valence-corrected chi connectivity index (χ4v) is 2.36. The van der Waals surface area contributed by atoms with E-state index in [4.69, 9.17) is 9.47 Å². The molecular weight excluding hydrogens is 266 g/mol. The largest absolute Gasteiger partial charge is 0.496 e. The Morgan fingerprint density at radius 2 is 2.05 bits per heavy atom. The molecule has 1 amide bonds. The zero-order valence-corrected chi connectivity index (χ0v) is 12.4. The Morgan fingerprint density at radius 1 is 1.37 bits per heavy atom. The van der Waals surface area contributed by atoms with Gasteiger partial charge in [-0.15, -0.1) is 11.3 Å². The number of carbonyl (C=O) groups excluding carboxylic acids is 2. The van der Waals surface area contributed by atoms with Crippen LogP contribution in [0.4, 0.5) is 0 Å². The first-order valence-electron chi connectivity index (χ1n) is 5.99. The Hall–Kier alpha value is -1.56. The molecule has 5 nitrogen and oxygen atoms in total. The van der Waals surface area contributed by atoms with E-state index in [0.29, 0.717) is 17.0 Å². The van der Waals surface area contributed by atoms with Crippen molar-refractivity contribution in [2.75, 3.05) is 14.2 Å². The molecule has 1 heterocycles. The van der Waals surface area contributed by atoms with Crippen molar-refractivity contribution in [3.63, 3.8) is 0 Å². The fourth-order valence-electron chi connectivity index (χ4n) is 1.60. The minimum absolute atomic E-state index is 0.280. The normalized spacial score (nSPS) is 12.1. The molecule has 1 aromatic rings. The van der Waals surface area contributed by atoms with Crippen LogP contribution < -0.4 is 10.1 Å². The molecule has 0 aliphatic carbocycles. The van der Waals surface area contributed by atoms with Crippen molar-refractivity contribution in [1.29, 1.82) is 0 Å². The van der Waals surface area contributed by atoms with Crippen molar-refractivity contribution in [2.24, 2.45) is 5.92 Å². The highest BCUT2D eigenvalue weighted by Gasteiger charge is 2.23. The number of thiophene rings is 1. The smallest absolute Gasteiger partial charge is 0.328 e. The maximum absolute atomic E-state index is 12.0. The van der Waals surface area contributed by atoms with Crippen LogP contribution in [0.1, 0.15) is 29.9 Å². The monoisotopic (exact) mass is 285 g/mol. The Kier molecular flexibility index (Phi) is 5.82. The minimum Gasteiger partial charge on any atom is -0.496 e. The van der Waals surface area contributed by atoms with E-state index in [1.54, 1.807) is 18.6 Å². The maximum atomic E-state index is 12.0. The molecule has 1 rings (SSSR count). The van der Waals surface area contributed by atoms with E-state index in [9.17, 15) is 9.59 Å². The summed E-state index contributed by atoms with van der Waals surface area (Å²) in [5, 5.41) is 4.43. The molecule has 0 bridgehead atoms. The fraction of sp³-hybridized carbons (Fsp3) is 0.538. The summed E-state index contributed by atoms with van der Waals surface area (Å²) >= 11 is 1.27. The second-order valence-electron chi connectivity index (χ2n) is 4.53. The molecule has 0 saturated carbocycles. The van der Waals surface area contributed by atoms with Gasteiger partial charge in [-0.3, -0.25) is 4.79 Å². The van der Waals surface area contributed by atoms with E-state index in [1.165, 1.54) is 18.4 Å². The van der Waals surface area contributed by atoms with Crippen molar-refractivity contribution in [3.8, 4) is 5.75 Å². The minimum atomic E-state index is -0.620. The summed E-state index contributed by atoms with van der Waals surface area (Å²) in [4.78, 5) is 24.1. The number of nitrogens with one attached hydrogen (secondary N) is 1. The van der Waals surface area contributed by atoms with Gasteiger partial charge in [0.25, 0.3) is 5.91 Å². The third kappa shape index (κ3) is 4.55. The predicted molar refractivity (Wildman–Crippen MR) is 73.6 cm³/mol. The van der Waals surface area contributed by atoms with E-state index < -0.39 is 12.0 Å². The van der Waals surface area contributed by atoms with Gasteiger partial charge in [0.05, 0.1) is 19.1 Å². The Morgan fingerprint density at radius 3 is 2.53 bits per heavy atom. The number of hydrogen-bond acceptors (Lipinski definition) is 5. The topological polar surface area (TPSA) is 64.6 Å². The summed E-state index contributed by atoms with van der Waals surface area (Å²) < 4.78 is 9.72. The SMILES string of the molecule is COC(=O)C(CC(C)C)NC(=O)c1cc(OC)cs1. The number of hydrogen-bond donors (Lipinski definition) is 1. The lowest BCUT2D eigenvalue weighted by Crippen LogP contribution is -2.42. The first-order valence-corrected chi connectivity index (χ1v) is 6.87. The van der Waals surface area contributed by atoms with Gasteiger partial charge in [0, 0.05) is 11.4 Å². The second-order valence-corrected chi connectivity index (χ2v) is 5.44. The van der Waals surface area contributed by atoms with Crippen LogP contribution in [0.3, 0.4) is 0 Å². The van der Waals surface area contributed by atoms with Crippen molar-refractivity contribution in [1.82, 2.24) is 5.32 Å². The summed E-state index contributed by atoms with van der Waals surface area (Å²) in [6, 6.07) is 1.02. The van der Waals surface area contributed by atoms with Gasteiger partial charge in [0.1, 0.15) is 11.8 Å². The lowest BCUT2D eigenvalue weighted by atomic mass is 10.0. The zero-order valence-electron chi connectivity index (χ0n) is 11.6. The molecule has 6 heteroatoms. The van der Waals surface area contributed by atoms with Crippen LogP contribution in [0.25, 0.3) is 0 Å². The highest BCUT2D eigenvalue weighted by molar-refractivity contribution is 7.12. The number of rotatable bonds is 6. The van der Waals surface area contributed by atoms with Crippen LogP contribution in [-0.2, 0) is 9.53 Å². The number of ether oxygens (including phenoxy) is 2. The molecular formula is C13H19NO4S. The average Bonchev–Trinajstić information content (AvgIpc) is 2.85. The first kappa shape index (κ1) is 15.5. The van der Waals surface area contributed by atoms with Crippen LogP contribution in [0.15, 0.2) is 11.4 Å². The van der Waals surface area contributed by atoms with E-state index in [-0.39, 0.29) is 11.8 Å². The van der Waals surface area contributed by atoms with E-state index in [0.717, 1.165) is 0 Å². The summed E-state index contributed by atoms with van der Waals surface area (Å²) in [6.45, 7) is 3.96. The Balaban J connectivity index is 2.72. The number of amides is 1. The summed E-state index contributed by atoms with van der Waals surface area (Å²) in [5.41, 5.74) is 0. The van der Waals surface area contributed by atoms with Gasteiger partial charge in [-0.05, 0) is 12.3 Å². The predicted octanol–water partition coefficient (Wildman–Crippen LogP) is 2.07. The second kappa shape index (κ2) is 7.13. The summed E-state index contributed by atoms with van der Waals surface area (Å²) in [7, 11) is 2.86. The van der Waals surface area contributed by atoms with Crippen molar-refractivity contribution in [2.45, 2.75) is 26.3 Å². The molecule has 0 aliphatic heterocycles. The third-order valence-corrected chi connectivity index (χ3v) is 3.44. The van der Waals surface area contributed by atoms with Crippen LogP contribution in [0, 0.1) is 5.92 Å². The van der Waals surface area contributed by atoms with Crippen molar-refractivity contribution < 1.29 is 19.1 Å². The summed E-state index contributed by atoms with van der Waals surface area (Å²) in [6.07, 6.45) is 0.543. The third-order valence-electron chi connectivity index (χ3n) is 2.53. The molecule has 0 radical (unpaired) electrons. The highest BCUT2D eigenvalue weighted by atomic mass is 32.1. The number of carbonyl (C=O) groups is 2. The molecule has 106 valence electrons. The van der Waals surface area contributed by atoms with E-state index in [1.807, 2.05) is 13.8 Å². The van der Waals surface area contributed by atoms with E-state index >= 15 is 0 Å². The molecule has 19 heavy (non-hydrogen) atoms. The molecule has 0 fully saturated rings. The molecule has 0 aromatic carbocycles. The van der Waals surface area contributed by atoms with Crippen LogP contribution in [0.2, 0.25) is 0 Å². The summed E-state index contributed by atoms with van der Waals surface area (Å²) in [5.74, 6) is 0.200. The van der Waals surface area contributed by atoms with Crippen LogP contribution in [-0.4, -0.2) is 32.1 Å². The van der Waals surface area contributed by atoms with Gasteiger partial charge in [0.2, 0.25) is 0 Å². The molecule has 1 aromatic heterocycles. The van der Waals surface area contributed by atoms with Gasteiger partial charge in [-0.2, -0.15) is 0 Å². The molecule has 1 atom stereocenters. The van der Waals surface area contributed by atoms with E-state index in [2.05, 4.69) is 5.32 Å². The van der Waals surface area contributed by atoms with Gasteiger partial charge in [-0.1, -0.05) is 13.8 Å². The molecule has 0 saturated heterocycles. The number of esters is 1. The molecule has 1 N–H and O–H groups in total. The van der Waals surface area contributed by atoms with Crippen molar-refractivity contribution >= 4 is 23.2 Å². The standard InChI is InChI=1S/C13H19NO4S/c1-8(2)5-10(13(16)18-4)14-12(15)11-6-9(17-3)7-19-11/h6-8,10H,5H2,1-4H3,(H,14,15). The average molecular weight is 285 g/mol. The first-order chi connectivity index (χ1) is 8.97. The highest BCUT2D eigenvalue weighted by Crippen LogP contribution is 2.21. The molecule has 0 aliphatic rings. The maximum Gasteiger partial charge on any atom is 0.328 e. The molecule has 0 spiro atoms. The van der Waals surface area contributed by atoms with Crippen molar-refractivity contribution in [3.05, 3.63) is 16.3 Å². The zero-order chi connectivity index (χ0) is 14.4. The lowest BCUT2D eigenvalue weighted by Gasteiger charge is -2.17. The molecule has 1 unspecified atom stereocenters. The quantitative estimate of drug-likeness (QED) is 0.813. The van der Waals surface area contributed by atoms with Crippen LogP contribution in [0.5, 0.6) is 5.75 Å². The Labute approximate surface area is 116 Å². The van der Waals surface area contributed by atoms with Gasteiger partial charge in [-0.25, -0.2) is 4.79 Å². The van der Waals surface area contributed by atoms with Gasteiger partial charge >= 0.3 is 5.97 Å². The van der Waals surface area contributed by atoms with Gasteiger partial charge in [0.15, 0.2) is 0 Å². The Bertz CT molecular complexity index is 442. The van der Waals surface area contributed by atoms with Crippen LogP contribution >= 0.6 is 11.3 Å². The van der Waals surface area contributed by atoms with Gasteiger partial charge < -0.3 is 14.8 Å². The number of methoxy groups -OCH3 is 2. The lowest BCUT2D eigenvalue weighted by molar-refractivity contribution is -0.143.